The fourth-order valence-corrected chi connectivity index (χ4v) is 5.02. The number of hydrogen-bond acceptors (Lipinski definition) is 4. The minimum Gasteiger partial charge on any atom is -0.496 e. The standard InChI is InChI=1S/C28H20ClFN2OS.4C2H6/c1-33-27-15-23(19-8-5-9-20(30)12-19)25(29)14-24(27)28-22-11-10-21(13-26(22)31-17-32-28)34-16-18-6-3-2-4-7-18;4*1-2/h2-15,17H,16H2,1H3;4*1-2H3. The summed E-state index contributed by atoms with van der Waals surface area (Å²) in [5.74, 6) is 1.17. The highest BCUT2D eigenvalue weighted by molar-refractivity contribution is 7.98. The van der Waals surface area contributed by atoms with Gasteiger partial charge in [0.05, 0.1) is 18.3 Å². The predicted octanol–water partition coefficient (Wildman–Crippen LogP) is 12.2. The van der Waals surface area contributed by atoms with Crippen LogP contribution >= 0.6 is 23.4 Å². The van der Waals surface area contributed by atoms with Gasteiger partial charge in [-0.25, -0.2) is 14.4 Å². The lowest BCUT2D eigenvalue weighted by Crippen LogP contribution is -1.95. The zero-order valence-corrected chi connectivity index (χ0v) is 27.9. The molecule has 0 aliphatic heterocycles. The molecule has 0 radical (unpaired) electrons. The van der Waals surface area contributed by atoms with Gasteiger partial charge in [-0.2, -0.15) is 0 Å². The third-order valence-corrected chi connectivity index (χ3v) is 6.91. The number of rotatable bonds is 6. The molecule has 0 N–H and O–H groups in total. The van der Waals surface area contributed by atoms with Gasteiger partial charge in [0.25, 0.3) is 0 Å². The normalized spacial score (nSPS) is 9.50. The number of thioether (sulfide) groups is 1. The minimum atomic E-state index is -0.320. The van der Waals surface area contributed by atoms with Crippen LogP contribution in [0, 0.1) is 5.82 Å². The van der Waals surface area contributed by atoms with Crippen LogP contribution in [0.2, 0.25) is 5.02 Å². The Labute approximate surface area is 261 Å². The highest BCUT2D eigenvalue weighted by Crippen LogP contribution is 2.41. The Bertz CT molecular complexity index is 1480. The molecule has 0 fully saturated rings. The van der Waals surface area contributed by atoms with Crippen molar-refractivity contribution in [3.63, 3.8) is 0 Å². The van der Waals surface area contributed by atoms with Gasteiger partial charge in [-0.1, -0.05) is 109 Å². The third-order valence-electron chi connectivity index (χ3n) is 5.54. The molecule has 42 heavy (non-hydrogen) atoms. The molecule has 3 nitrogen and oxygen atoms in total. The average Bonchev–Trinajstić information content (AvgIpc) is 3.07. The molecule has 0 aliphatic rings. The van der Waals surface area contributed by atoms with Gasteiger partial charge in [0.2, 0.25) is 0 Å². The molecular weight excluding hydrogens is 563 g/mol. The van der Waals surface area contributed by atoms with Crippen LogP contribution in [0.3, 0.4) is 0 Å². The van der Waals surface area contributed by atoms with Crippen LogP contribution in [0.4, 0.5) is 4.39 Å². The van der Waals surface area contributed by atoms with Crippen LogP contribution in [0.15, 0.2) is 96.2 Å². The van der Waals surface area contributed by atoms with Gasteiger partial charge in [-0.3, -0.25) is 0 Å². The topological polar surface area (TPSA) is 35.0 Å². The summed E-state index contributed by atoms with van der Waals surface area (Å²) in [6.07, 6.45) is 1.55. The first-order valence-electron chi connectivity index (χ1n) is 14.7. The maximum absolute atomic E-state index is 13.8. The third kappa shape index (κ3) is 9.85. The monoisotopic (exact) mass is 606 g/mol. The molecule has 0 saturated carbocycles. The van der Waals surface area contributed by atoms with Crippen molar-refractivity contribution in [1.82, 2.24) is 9.97 Å². The van der Waals surface area contributed by atoms with Gasteiger partial charge < -0.3 is 4.74 Å². The summed E-state index contributed by atoms with van der Waals surface area (Å²) in [5.41, 5.74) is 4.98. The number of hydrogen-bond donors (Lipinski definition) is 0. The van der Waals surface area contributed by atoms with E-state index in [-0.39, 0.29) is 5.82 Å². The van der Waals surface area contributed by atoms with Crippen molar-refractivity contribution in [2.45, 2.75) is 66.0 Å². The molecule has 5 aromatic rings. The van der Waals surface area contributed by atoms with Gasteiger partial charge in [-0.05, 0) is 53.6 Å². The summed E-state index contributed by atoms with van der Waals surface area (Å²) in [4.78, 5) is 10.2. The lowest BCUT2D eigenvalue weighted by atomic mass is 9.99. The molecule has 0 unspecified atom stereocenters. The zero-order chi connectivity index (χ0) is 31.5. The van der Waals surface area contributed by atoms with Crippen LogP contribution in [0.5, 0.6) is 5.75 Å². The van der Waals surface area contributed by atoms with Crippen LogP contribution in [0.25, 0.3) is 33.3 Å². The van der Waals surface area contributed by atoms with E-state index in [1.807, 2.05) is 97.9 Å². The van der Waals surface area contributed by atoms with Crippen molar-refractivity contribution in [1.29, 1.82) is 0 Å². The lowest BCUT2D eigenvalue weighted by molar-refractivity contribution is 0.416. The summed E-state index contributed by atoms with van der Waals surface area (Å²) in [6.45, 7) is 16.0. The summed E-state index contributed by atoms with van der Waals surface area (Å²) in [7, 11) is 1.60. The molecule has 1 aromatic heterocycles. The van der Waals surface area contributed by atoms with Crippen molar-refractivity contribution in [2.75, 3.05) is 7.11 Å². The average molecular weight is 607 g/mol. The fourth-order valence-electron chi connectivity index (χ4n) is 3.87. The summed E-state index contributed by atoms with van der Waals surface area (Å²) >= 11 is 8.41. The van der Waals surface area contributed by atoms with E-state index < -0.39 is 0 Å². The Morgan fingerprint density at radius 1 is 0.738 bits per heavy atom. The number of halogens is 2. The highest BCUT2D eigenvalue weighted by Gasteiger charge is 2.17. The molecule has 1 heterocycles. The lowest BCUT2D eigenvalue weighted by Gasteiger charge is -2.14. The molecule has 224 valence electrons. The predicted molar refractivity (Wildman–Crippen MR) is 183 cm³/mol. The molecule has 0 saturated heterocycles. The van der Waals surface area contributed by atoms with E-state index in [1.165, 1.54) is 17.7 Å². The van der Waals surface area contributed by atoms with Crippen LogP contribution in [-0.2, 0) is 5.75 Å². The second-order valence-corrected chi connectivity index (χ2v) is 9.17. The summed E-state index contributed by atoms with van der Waals surface area (Å²) in [5, 5.41) is 1.39. The SMILES string of the molecule is CC.CC.CC.CC.COc1cc(-c2cccc(F)c2)c(Cl)cc1-c1ncnc2cc(SCc3ccccc3)ccc12. The Kier molecular flexibility index (Phi) is 17.8. The molecule has 0 aliphatic carbocycles. The van der Waals surface area contributed by atoms with E-state index in [9.17, 15) is 4.39 Å². The Hall–Kier alpha value is -3.41. The molecule has 5 rings (SSSR count). The van der Waals surface area contributed by atoms with E-state index in [0.29, 0.717) is 21.9 Å². The second kappa shape index (κ2) is 20.5. The molecular formula is C36H44ClFN2OS. The molecule has 6 heteroatoms. The van der Waals surface area contributed by atoms with Crippen LogP contribution in [-0.4, -0.2) is 17.1 Å². The maximum Gasteiger partial charge on any atom is 0.129 e. The minimum absolute atomic E-state index is 0.320. The van der Waals surface area contributed by atoms with E-state index in [4.69, 9.17) is 16.3 Å². The van der Waals surface area contributed by atoms with Gasteiger partial charge in [0, 0.05) is 32.2 Å². The first-order chi connectivity index (χ1) is 20.6. The molecule has 0 atom stereocenters. The van der Waals surface area contributed by atoms with Crippen molar-refractivity contribution in [3.05, 3.63) is 108 Å². The number of fused-ring (bicyclic) bond motifs is 1. The quantitative estimate of drug-likeness (QED) is 0.180. The second-order valence-electron chi connectivity index (χ2n) is 7.72. The number of benzene rings is 4. The van der Waals surface area contributed by atoms with Crippen molar-refractivity contribution >= 4 is 34.3 Å². The van der Waals surface area contributed by atoms with Crippen LogP contribution in [0.1, 0.15) is 61.0 Å². The van der Waals surface area contributed by atoms with Crippen molar-refractivity contribution in [3.8, 4) is 28.1 Å². The van der Waals surface area contributed by atoms with Gasteiger partial charge in [0.1, 0.15) is 17.9 Å². The smallest absolute Gasteiger partial charge is 0.129 e. The number of aromatic nitrogens is 2. The van der Waals surface area contributed by atoms with E-state index in [2.05, 4.69) is 34.2 Å². The van der Waals surface area contributed by atoms with Gasteiger partial charge >= 0.3 is 0 Å². The molecule has 4 aromatic carbocycles. The fraction of sp³-hybridized carbons (Fsp3) is 0.278. The Balaban J connectivity index is 0.00000102. The highest BCUT2D eigenvalue weighted by atomic mass is 35.5. The molecule has 0 amide bonds. The number of ether oxygens (including phenoxy) is 1. The summed E-state index contributed by atoms with van der Waals surface area (Å²) < 4.78 is 19.5. The Morgan fingerprint density at radius 2 is 1.43 bits per heavy atom. The first-order valence-corrected chi connectivity index (χ1v) is 16.0. The van der Waals surface area contributed by atoms with E-state index in [1.54, 1.807) is 31.3 Å². The van der Waals surface area contributed by atoms with Crippen LogP contribution < -0.4 is 4.74 Å². The summed E-state index contributed by atoms with van der Waals surface area (Å²) in [6, 6.07) is 26.5. The largest absolute Gasteiger partial charge is 0.496 e. The molecule has 0 bridgehead atoms. The first kappa shape index (κ1) is 36.6. The molecule has 0 spiro atoms. The van der Waals surface area contributed by atoms with Gasteiger partial charge in [0.15, 0.2) is 0 Å². The van der Waals surface area contributed by atoms with Crippen molar-refractivity contribution in [2.24, 2.45) is 0 Å². The van der Waals surface area contributed by atoms with Crippen molar-refractivity contribution < 1.29 is 9.13 Å². The Morgan fingerprint density at radius 3 is 2.07 bits per heavy atom. The number of methoxy groups -OCH3 is 1. The van der Waals surface area contributed by atoms with E-state index in [0.717, 1.165) is 32.8 Å². The maximum atomic E-state index is 13.8. The zero-order valence-electron chi connectivity index (χ0n) is 26.3. The van der Waals surface area contributed by atoms with Gasteiger partial charge in [-0.15, -0.1) is 11.8 Å². The van der Waals surface area contributed by atoms with E-state index >= 15 is 0 Å². The number of nitrogens with zero attached hydrogens (tertiary/aromatic N) is 2.